The van der Waals surface area contributed by atoms with Gasteiger partial charge in [0.1, 0.15) is 0 Å². The van der Waals surface area contributed by atoms with Crippen LogP contribution in [-0.2, 0) is 9.59 Å². The summed E-state index contributed by atoms with van der Waals surface area (Å²) in [6, 6.07) is 0. The van der Waals surface area contributed by atoms with E-state index in [1.807, 2.05) is 6.92 Å². The van der Waals surface area contributed by atoms with Crippen LogP contribution in [0.3, 0.4) is 0 Å². The summed E-state index contributed by atoms with van der Waals surface area (Å²) in [7, 11) is 0. The van der Waals surface area contributed by atoms with Gasteiger partial charge >= 0.3 is 0 Å². The summed E-state index contributed by atoms with van der Waals surface area (Å²) in [4.78, 5) is 24.9. The average Bonchev–Trinajstić information content (AvgIpc) is 2.93. The van der Waals surface area contributed by atoms with E-state index in [0.717, 1.165) is 30.5 Å². The first-order valence-electron chi connectivity index (χ1n) is 10.3. The molecule has 4 aliphatic carbocycles. The number of carbonyl (C=O) groups excluding carboxylic acids is 2. The van der Waals surface area contributed by atoms with Gasteiger partial charge in [-0.15, -0.1) is 0 Å². The normalized spacial score (nSPS) is 45.7. The summed E-state index contributed by atoms with van der Waals surface area (Å²) in [6.07, 6.45) is 9.29. The molecule has 0 bridgehead atoms. The second kappa shape index (κ2) is 6.03. The Morgan fingerprint density at radius 1 is 1.19 bits per heavy atom. The molecule has 0 radical (unpaired) electrons. The molecule has 1 N–H and O–H groups in total. The first-order valence-corrected chi connectivity index (χ1v) is 10.3. The molecule has 4 aliphatic rings. The second-order valence-electron chi connectivity index (χ2n) is 9.80. The lowest BCUT2D eigenvalue weighted by molar-refractivity contribution is -0.131. The summed E-state index contributed by atoms with van der Waals surface area (Å²) >= 11 is 0. The predicted octanol–water partition coefficient (Wildman–Crippen LogP) is 4.55. The highest BCUT2D eigenvalue weighted by Crippen LogP contribution is 2.66. The highest BCUT2D eigenvalue weighted by Gasteiger charge is 2.60. The largest absolute Gasteiger partial charge is 0.411 e. The van der Waals surface area contributed by atoms with E-state index in [1.54, 1.807) is 6.08 Å². The smallest absolute Gasteiger partial charge is 0.159 e. The van der Waals surface area contributed by atoms with Crippen molar-refractivity contribution in [3.63, 3.8) is 0 Å². The molecule has 4 rings (SSSR count). The number of nitrogens with zero attached hydrogens (tertiary/aromatic N) is 1. The Labute approximate surface area is 156 Å². The zero-order chi connectivity index (χ0) is 18.7. The van der Waals surface area contributed by atoms with Crippen molar-refractivity contribution in [3.8, 4) is 0 Å². The fraction of sp³-hybridized carbons (Fsp3) is 0.773. The molecule has 0 heterocycles. The van der Waals surface area contributed by atoms with Gasteiger partial charge in [-0.25, -0.2) is 0 Å². The summed E-state index contributed by atoms with van der Waals surface area (Å²) in [5, 5.41) is 12.5. The Bertz CT molecular complexity index is 708. The molecular weight excluding hydrogens is 326 g/mol. The molecule has 0 aliphatic heterocycles. The minimum absolute atomic E-state index is 0.101. The molecule has 0 amide bonds. The number of allylic oxidation sites excluding steroid dienone is 1. The van der Waals surface area contributed by atoms with Gasteiger partial charge in [-0.1, -0.05) is 19.0 Å². The fourth-order valence-corrected chi connectivity index (χ4v) is 7.23. The van der Waals surface area contributed by atoms with Crippen LogP contribution in [0, 0.1) is 34.5 Å². The third-order valence-electron chi connectivity index (χ3n) is 8.70. The van der Waals surface area contributed by atoms with Crippen LogP contribution in [0.5, 0.6) is 0 Å². The Morgan fingerprint density at radius 2 is 1.96 bits per heavy atom. The SMILES string of the molecule is C/C(C[C@H]1CC[C@H]2[C@@H]3CC(=O)C4=CC(=O)CC[C@]4(C)[C@H]3CC[C@]12C)=N\O. The average molecular weight is 357 g/mol. The summed E-state index contributed by atoms with van der Waals surface area (Å²) < 4.78 is 0. The zero-order valence-corrected chi connectivity index (χ0v) is 16.3. The Morgan fingerprint density at radius 3 is 2.69 bits per heavy atom. The van der Waals surface area contributed by atoms with E-state index in [2.05, 4.69) is 19.0 Å². The first kappa shape index (κ1) is 17.9. The van der Waals surface area contributed by atoms with Gasteiger partial charge in [-0.2, -0.15) is 0 Å². The molecule has 0 spiro atoms. The highest BCUT2D eigenvalue weighted by atomic mass is 16.4. The minimum atomic E-state index is -0.101. The van der Waals surface area contributed by atoms with Gasteiger partial charge in [0.25, 0.3) is 0 Å². The third-order valence-corrected chi connectivity index (χ3v) is 8.70. The number of fused-ring (bicyclic) bond motifs is 5. The maximum absolute atomic E-state index is 13.0. The van der Waals surface area contributed by atoms with Crippen LogP contribution in [0.4, 0.5) is 0 Å². The van der Waals surface area contributed by atoms with E-state index < -0.39 is 0 Å². The number of oxime groups is 1. The number of carbonyl (C=O) groups is 2. The van der Waals surface area contributed by atoms with Crippen LogP contribution in [-0.4, -0.2) is 22.5 Å². The number of hydrogen-bond donors (Lipinski definition) is 1. The molecule has 4 nitrogen and oxygen atoms in total. The van der Waals surface area contributed by atoms with Crippen LogP contribution < -0.4 is 0 Å². The Hall–Kier alpha value is -1.45. The van der Waals surface area contributed by atoms with E-state index in [-0.39, 0.29) is 22.4 Å². The van der Waals surface area contributed by atoms with Crippen molar-refractivity contribution in [2.75, 3.05) is 0 Å². The van der Waals surface area contributed by atoms with Crippen molar-refractivity contribution in [1.82, 2.24) is 0 Å². The number of ketones is 2. The molecule has 0 aromatic carbocycles. The van der Waals surface area contributed by atoms with E-state index in [0.29, 0.717) is 36.5 Å². The van der Waals surface area contributed by atoms with Crippen LogP contribution in [0.2, 0.25) is 0 Å². The Balaban J connectivity index is 1.65. The molecule has 3 saturated carbocycles. The standard InChI is InChI=1S/C22H31NO3/c1-13(23-26)10-14-4-5-17-16-12-20(25)19-11-15(24)6-8-22(19,3)18(16)7-9-21(14,17)2/h11,14,16-18,26H,4-10,12H2,1-3H3/b23-13+/t14-,16+,17+,18+,21-,22-/m1/s1. The molecular formula is C22H31NO3. The van der Waals surface area contributed by atoms with Gasteiger partial charge in [0.05, 0.1) is 5.71 Å². The second-order valence-corrected chi connectivity index (χ2v) is 9.80. The van der Waals surface area contributed by atoms with Crippen LogP contribution >= 0.6 is 0 Å². The zero-order valence-electron chi connectivity index (χ0n) is 16.3. The van der Waals surface area contributed by atoms with Gasteiger partial charge < -0.3 is 5.21 Å². The number of rotatable bonds is 2. The molecule has 4 heteroatoms. The molecule has 26 heavy (non-hydrogen) atoms. The lowest BCUT2D eigenvalue weighted by Gasteiger charge is -2.57. The van der Waals surface area contributed by atoms with Gasteiger partial charge in [0, 0.05) is 18.4 Å². The van der Waals surface area contributed by atoms with Gasteiger partial charge in [0.2, 0.25) is 0 Å². The molecule has 0 aromatic heterocycles. The van der Waals surface area contributed by atoms with Crippen molar-refractivity contribution >= 4 is 17.3 Å². The minimum Gasteiger partial charge on any atom is -0.411 e. The van der Waals surface area contributed by atoms with Crippen molar-refractivity contribution in [2.45, 2.75) is 72.1 Å². The third kappa shape index (κ3) is 2.44. The molecule has 6 atom stereocenters. The molecule has 142 valence electrons. The summed E-state index contributed by atoms with van der Waals surface area (Å²) in [5.74, 6) is 2.47. The van der Waals surface area contributed by atoms with Crippen molar-refractivity contribution < 1.29 is 14.8 Å². The molecule has 0 saturated heterocycles. The molecule has 0 unspecified atom stereocenters. The summed E-state index contributed by atoms with van der Waals surface area (Å²) in [6.45, 7) is 6.57. The van der Waals surface area contributed by atoms with Crippen molar-refractivity contribution in [2.24, 2.45) is 39.7 Å². The Kier molecular flexibility index (Phi) is 4.16. The summed E-state index contributed by atoms with van der Waals surface area (Å²) in [5.41, 5.74) is 1.80. The monoisotopic (exact) mass is 357 g/mol. The van der Waals surface area contributed by atoms with Gasteiger partial charge in [-0.3, -0.25) is 9.59 Å². The van der Waals surface area contributed by atoms with Crippen LogP contribution in [0.25, 0.3) is 0 Å². The van der Waals surface area contributed by atoms with E-state index in [4.69, 9.17) is 5.21 Å². The molecule has 3 fully saturated rings. The maximum atomic E-state index is 13.0. The highest BCUT2D eigenvalue weighted by molar-refractivity contribution is 6.05. The molecule has 0 aromatic rings. The lowest BCUT2D eigenvalue weighted by Crippen LogP contribution is -2.52. The first-order chi connectivity index (χ1) is 12.3. The number of Topliss-reactive ketones (excluding diaryl/α,β-unsaturated/α-hetero) is 1. The quantitative estimate of drug-likeness (QED) is 0.448. The van der Waals surface area contributed by atoms with Crippen LogP contribution in [0.15, 0.2) is 16.8 Å². The fourth-order valence-electron chi connectivity index (χ4n) is 7.23. The van der Waals surface area contributed by atoms with E-state index in [1.165, 1.54) is 19.3 Å². The van der Waals surface area contributed by atoms with Gasteiger partial charge in [0.15, 0.2) is 11.6 Å². The van der Waals surface area contributed by atoms with Crippen LogP contribution in [0.1, 0.15) is 72.1 Å². The lowest BCUT2D eigenvalue weighted by atomic mass is 9.46. The predicted molar refractivity (Wildman–Crippen MR) is 100 cm³/mol. The maximum Gasteiger partial charge on any atom is 0.159 e. The van der Waals surface area contributed by atoms with E-state index in [9.17, 15) is 9.59 Å². The van der Waals surface area contributed by atoms with Crippen molar-refractivity contribution in [3.05, 3.63) is 11.6 Å². The van der Waals surface area contributed by atoms with Gasteiger partial charge in [-0.05, 0) is 86.0 Å². The number of hydrogen-bond acceptors (Lipinski definition) is 4. The van der Waals surface area contributed by atoms with E-state index >= 15 is 0 Å². The topological polar surface area (TPSA) is 66.7 Å². The van der Waals surface area contributed by atoms with Crippen molar-refractivity contribution in [1.29, 1.82) is 0 Å².